The Morgan fingerprint density at radius 3 is 2.26 bits per heavy atom. The van der Waals surface area contributed by atoms with Crippen molar-refractivity contribution in [2.45, 2.75) is 37.7 Å². The molecule has 0 spiro atoms. The first kappa shape index (κ1) is 16.8. The summed E-state index contributed by atoms with van der Waals surface area (Å²) in [5.74, 6) is 0. The molecule has 0 fully saturated rings. The molecule has 1 aromatic rings. The number of hydrogen-bond donors (Lipinski definition) is 1. The van der Waals surface area contributed by atoms with E-state index in [-0.39, 0.29) is 5.56 Å². The average Bonchev–Trinajstić information content (AvgIpc) is 2.22. The van der Waals surface area contributed by atoms with E-state index in [9.17, 15) is 17.7 Å². The second-order valence-corrected chi connectivity index (χ2v) is 7.94. The van der Waals surface area contributed by atoms with Gasteiger partial charge in [-0.25, -0.2) is 0 Å². The highest BCUT2D eigenvalue weighted by Crippen LogP contribution is 2.35. The number of hydrogen-bond acceptors (Lipinski definition) is 2. The van der Waals surface area contributed by atoms with Gasteiger partial charge in [0.2, 0.25) is 0 Å². The van der Waals surface area contributed by atoms with Crippen molar-refractivity contribution in [3.63, 3.8) is 0 Å². The molecule has 2 atom stereocenters. The van der Waals surface area contributed by atoms with E-state index in [2.05, 4.69) is 20.7 Å². The Hall–Kier alpha value is -0.240. The molecule has 19 heavy (non-hydrogen) atoms. The highest BCUT2D eigenvalue weighted by molar-refractivity contribution is 9.10. The van der Waals surface area contributed by atoms with E-state index in [0.717, 1.165) is 0 Å². The predicted molar refractivity (Wildman–Crippen MR) is 74.0 cm³/mol. The van der Waals surface area contributed by atoms with Gasteiger partial charge in [0.05, 0.1) is 0 Å². The first-order valence-electron chi connectivity index (χ1n) is 5.52. The molecular formula is C12H15BrF3NOS. The summed E-state index contributed by atoms with van der Waals surface area (Å²) in [5, 5.41) is 0. The van der Waals surface area contributed by atoms with Crippen LogP contribution in [0.1, 0.15) is 32.4 Å². The average molecular weight is 358 g/mol. The number of halogens is 4. The standard InChI is InChI=1S/C12H15BrF3NOS/c1-11(2,3)19(18)17-10(12(14,15)16)8-5-4-6-9(13)7-8/h4-7,10,17H,1-3H3/t10-,19+/m1/s1. The van der Waals surface area contributed by atoms with Gasteiger partial charge in [-0.2, -0.15) is 13.2 Å². The van der Waals surface area contributed by atoms with Crippen LogP contribution in [0, 0.1) is 0 Å². The summed E-state index contributed by atoms with van der Waals surface area (Å²) in [6.45, 7) is 4.85. The molecule has 0 unspecified atom stereocenters. The molecule has 108 valence electrons. The van der Waals surface area contributed by atoms with Crippen molar-refractivity contribution in [2.24, 2.45) is 0 Å². The van der Waals surface area contributed by atoms with Crippen LogP contribution in [0.4, 0.5) is 13.2 Å². The van der Waals surface area contributed by atoms with E-state index < -0.39 is 28.3 Å². The van der Waals surface area contributed by atoms with Gasteiger partial charge >= 0.3 is 6.18 Å². The highest BCUT2D eigenvalue weighted by atomic mass is 79.9. The first-order chi connectivity index (χ1) is 8.51. The molecule has 0 aliphatic carbocycles. The van der Waals surface area contributed by atoms with E-state index in [1.165, 1.54) is 18.2 Å². The van der Waals surface area contributed by atoms with Gasteiger partial charge in [-0.1, -0.05) is 28.1 Å². The predicted octanol–water partition coefficient (Wildman–Crippen LogP) is 4.10. The molecule has 0 radical (unpaired) electrons. The zero-order chi connectivity index (χ0) is 14.8. The van der Waals surface area contributed by atoms with Gasteiger partial charge in [0.1, 0.15) is 4.75 Å². The van der Waals surface area contributed by atoms with E-state index in [1.807, 2.05) is 0 Å². The fourth-order valence-corrected chi connectivity index (χ4v) is 2.55. The smallest absolute Gasteiger partial charge is 0.412 e. The van der Waals surface area contributed by atoms with Gasteiger partial charge in [0.25, 0.3) is 0 Å². The number of nitrogens with one attached hydrogen (secondary N) is 1. The molecule has 2 nitrogen and oxygen atoms in total. The largest absolute Gasteiger partial charge is 0.598 e. The number of rotatable bonds is 3. The van der Waals surface area contributed by atoms with Gasteiger partial charge < -0.3 is 4.55 Å². The zero-order valence-electron chi connectivity index (χ0n) is 10.7. The Morgan fingerprint density at radius 1 is 1.26 bits per heavy atom. The summed E-state index contributed by atoms with van der Waals surface area (Å²) < 4.78 is 53.0. The third kappa shape index (κ3) is 4.98. The second-order valence-electron chi connectivity index (χ2n) is 5.03. The Bertz CT molecular complexity index is 434. The fourth-order valence-electron chi connectivity index (χ4n) is 1.29. The Morgan fingerprint density at radius 2 is 1.84 bits per heavy atom. The quantitative estimate of drug-likeness (QED) is 0.826. The van der Waals surface area contributed by atoms with E-state index >= 15 is 0 Å². The Labute approximate surface area is 122 Å². The fraction of sp³-hybridized carbons (Fsp3) is 0.500. The van der Waals surface area contributed by atoms with E-state index in [0.29, 0.717) is 4.47 Å². The first-order valence-corrected chi connectivity index (χ1v) is 7.46. The van der Waals surface area contributed by atoms with Crippen LogP contribution in [-0.2, 0) is 11.4 Å². The minimum atomic E-state index is -4.51. The molecule has 0 saturated carbocycles. The van der Waals surface area contributed by atoms with Crippen LogP contribution in [0.2, 0.25) is 0 Å². The molecule has 0 aliphatic rings. The van der Waals surface area contributed by atoms with Crippen LogP contribution in [0.5, 0.6) is 0 Å². The topological polar surface area (TPSA) is 35.1 Å². The van der Waals surface area contributed by atoms with Crippen molar-refractivity contribution >= 4 is 27.3 Å². The van der Waals surface area contributed by atoms with Crippen molar-refractivity contribution in [1.29, 1.82) is 0 Å². The maximum Gasteiger partial charge on any atom is 0.412 e. The lowest BCUT2D eigenvalue weighted by atomic mass is 10.1. The molecule has 0 aliphatic heterocycles. The van der Waals surface area contributed by atoms with Crippen LogP contribution in [0.15, 0.2) is 28.7 Å². The molecule has 7 heteroatoms. The second kappa shape index (κ2) is 6.03. The van der Waals surface area contributed by atoms with Gasteiger partial charge in [-0.3, -0.25) is 0 Å². The minimum Gasteiger partial charge on any atom is -0.598 e. The summed E-state index contributed by atoms with van der Waals surface area (Å²) in [4.78, 5) is 0. The van der Waals surface area contributed by atoms with Gasteiger partial charge in [-0.05, 0) is 38.5 Å². The van der Waals surface area contributed by atoms with Gasteiger partial charge in [-0.15, -0.1) is 4.72 Å². The molecular weight excluding hydrogens is 343 g/mol. The molecule has 0 aromatic heterocycles. The summed E-state index contributed by atoms with van der Waals surface area (Å²) in [6, 6.07) is 3.92. The minimum absolute atomic E-state index is 0.0273. The van der Waals surface area contributed by atoms with Gasteiger partial charge in [0.15, 0.2) is 6.04 Å². The molecule has 0 bridgehead atoms. The lowest BCUT2D eigenvalue weighted by Crippen LogP contribution is -2.45. The third-order valence-corrected chi connectivity index (χ3v) is 4.35. The maximum absolute atomic E-state index is 13.1. The van der Waals surface area contributed by atoms with Crippen molar-refractivity contribution in [3.05, 3.63) is 34.3 Å². The number of alkyl halides is 3. The molecule has 1 aromatic carbocycles. The zero-order valence-corrected chi connectivity index (χ0v) is 13.1. The van der Waals surface area contributed by atoms with Crippen LogP contribution in [-0.4, -0.2) is 15.5 Å². The van der Waals surface area contributed by atoms with Crippen LogP contribution < -0.4 is 4.72 Å². The van der Waals surface area contributed by atoms with Crippen LogP contribution in [0.3, 0.4) is 0 Å². The van der Waals surface area contributed by atoms with Crippen molar-refractivity contribution in [2.75, 3.05) is 0 Å². The van der Waals surface area contributed by atoms with Crippen LogP contribution >= 0.6 is 15.9 Å². The third-order valence-electron chi connectivity index (χ3n) is 2.29. The van der Waals surface area contributed by atoms with E-state index in [4.69, 9.17) is 0 Å². The van der Waals surface area contributed by atoms with Crippen molar-refractivity contribution in [3.8, 4) is 0 Å². The van der Waals surface area contributed by atoms with Crippen molar-refractivity contribution in [1.82, 2.24) is 4.72 Å². The Balaban J connectivity index is 3.04. The summed E-state index contributed by atoms with van der Waals surface area (Å²) in [5.41, 5.74) is 0.0273. The molecule has 1 rings (SSSR count). The van der Waals surface area contributed by atoms with Gasteiger partial charge in [0, 0.05) is 15.8 Å². The SMILES string of the molecule is CC(C)(C)[S@+]([O-])N[C@H](c1cccc(Br)c1)C(F)(F)F. The van der Waals surface area contributed by atoms with E-state index in [1.54, 1.807) is 26.8 Å². The Kier molecular flexibility index (Phi) is 5.34. The lowest BCUT2D eigenvalue weighted by molar-refractivity contribution is -0.153. The lowest BCUT2D eigenvalue weighted by Gasteiger charge is -2.29. The van der Waals surface area contributed by atoms with Crippen molar-refractivity contribution < 1.29 is 17.7 Å². The normalized spacial score (nSPS) is 16.2. The highest BCUT2D eigenvalue weighted by Gasteiger charge is 2.45. The maximum atomic E-state index is 13.1. The monoisotopic (exact) mass is 357 g/mol. The summed E-state index contributed by atoms with van der Waals surface area (Å²) >= 11 is 1.33. The summed E-state index contributed by atoms with van der Waals surface area (Å²) in [6.07, 6.45) is -4.51. The number of benzene rings is 1. The molecule has 0 heterocycles. The van der Waals surface area contributed by atoms with Crippen LogP contribution in [0.25, 0.3) is 0 Å². The molecule has 0 amide bonds. The molecule has 0 saturated heterocycles. The summed E-state index contributed by atoms with van der Waals surface area (Å²) in [7, 11) is 0. The molecule has 1 N–H and O–H groups in total.